The minimum absolute atomic E-state index is 0.247. The maximum absolute atomic E-state index is 14.3. The molecule has 0 unspecified atom stereocenters. The number of anilines is 1. The van der Waals surface area contributed by atoms with Crippen molar-refractivity contribution in [3.63, 3.8) is 0 Å². The van der Waals surface area contributed by atoms with E-state index in [9.17, 15) is 14.4 Å². The zero-order valence-electron chi connectivity index (χ0n) is 23.2. The number of aromatic nitrogens is 1. The van der Waals surface area contributed by atoms with Crippen LogP contribution in [0.3, 0.4) is 0 Å². The Morgan fingerprint density at radius 1 is 0.651 bits per heavy atom. The third kappa shape index (κ3) is 3.61. The number of pyridine rings is 1. The number of hydrazine groups is 1. The molecule has 8 rings (SSSR count). The first kappa shape index (κ1) is 25.2. The zero-order valence-corrected chi connectivity index (χ0v) is 23.2. The van der Waals surface area contributed by atoms with Gasteiger partial charge in [-0.25, -0.2) is 0 Å². The second kappa shape index (κ2) is 9.49. The molecule has 6 aromatic rings. The van der Waals surface area contributed by atoms with Crippen LogP contribution in [-0.2, 0) is 0 Å². The molecular weight excluding hydrogens is 533 g/mol. The van der Waals surface area contributed by atoms with Crippen molar-refractivity contribution in [2.24, 2.45) is 0 Å². The van der Waals surface area contributed by atoms with Gasteiger partial charge in [0.25, 0.3) is 0 Å². The van der Waals surface area contributed by atoms with E-state index < -0.39 is 11.8 Å². The first-order valence-corrected chi connectivity index (χ1v) is 14.3. The van der Waals surface area contributed by atoms with Crippen molar-refractivity contribution >= 4 is 57.3 Å². The normalized spacial score (nSPS) is 14.6. The number of para-hydroxylation sites is 1. The fourth-order valence-corrected chi connectivity index (χ4v) is 6.50. The molecule has 43 heavy (non-hydrogen) atoms. The summed E-state index contributed by atoms with van der Waals surface area (Å²) in [7, 11) is 4.34. The van der Waals surface area contributed by atoms with Crippen molar-refractivity contribution in [3.05, 3.63) is 148 Å². The Labute approximate surface area is 247 Å². The van der Waals surface area contributed by atoms with Crippen LogP contribution < -0.4 is 10.6 Å². The molecule has 0 saturated carbocycles. The van der Waals surface area contributed by atoms with Crippen molar-refractivity contribution in [1.29, 1.82) is 0 Å². The molecule has 0 saturated heterocycles. The average Bonchev–Trinajstić information content (AvgIpc) is 3.05. The van der Waals surface area contributed by atoms with E-state index in [-0.39, 0.29) is 5.56 Å². The van der Waals surface area contributed by atoms with Gasteiger partial charge < -0.3 is 0 Å². The number of rotatable bonds is 4. The number of imide groups is 1. The van der Waals surface area contributed by atoms with Gasteiger partial charge in [-0.3, -0.25) is 0 Å². The molecule has 0 radical (unpaired) electrons. The van der Waals surface area contributed by atoms with Gasteiger partial charge in [-0.2, -0.15) is 0 Å². The van der Waals surface area contributed by atoms with Crippen molar-refractivity contribution < 1.29 is 9.59 Å². The summed E-state index contributed by atoms with van der Waals surface area (Å²) in [5.74, 6) is -0.890. The summed E-state index contributed by atoms with van der Waals surface area (Å²) in [6.07, 6.45) is 7.73. The number of amides is 2. The minimum atomic E-state index is -0.445. The topological polar surface area (TPSA) is 62.6 Å². The summed E-state index contributed by atoms with van der Waals surface area (Å²) in [6, 6.07) is 30.2. The maximum atomic E-state index is 14.3. The Hall–Kier alpha value is -5.56. The molecule has 0 N–H and O–H groups in total. The Balaban J connectivity index is 1.37. The van der Waals surface area contributed by atoms with E-state index in [1.165, 1.54) is 5.01 Å². The van der Waals surface area contributed by atoms with Crippen LogP contribution in [0.2, 0.25) is 0 Å². The van der Waals surface area contributed by atoms with Gasteiger partial charge in [-0.15, -0.1) is 0 Å². The first-order valence-electron chi connectivity index (χ1n) is 14.3. The molecular formula is C36H24BN3O3. The van der Waals surface area contributed by atoms with Crippen LogP contribution in [0.15, 0.2) is 126 Å². The fraction of sp³-hybridized carbons (Fsp3) is 0.0556. The molecule has 1 aromatic heterocycles. The predicted molar refractivity (Wildman–Crippen MR) is 172 cm³/mol. The van der Waals surface area contributed by atoms with E-state index in [4.69, 9.17) is 0 Å². The van der Waals surface area contributed by atoms with Crippen LogP contribution in [0.4, 0.5) is 5.69 Å². The quantitative estimate of drug-likeness (QED) is 0.186. The summed E-state index contributed by atoms with van der Waals surface area (Å²) in [5, 5.41) is 7.59. The number of carbonyl (C=O) groups is 2. The van der Waals surface area contributed by atoms with E-state index in [2.05, 4.69) is 7.49 Å². The van der Waals surface area contributed by atoms with E-state index in [1.807, 2.05) is 97.1 Å². The van der Waals surface area contributed by atoms with Crippen molar-refractivity contribution in [1.82, 2.24) is 9.58 Å². The van der Waals surface area contributed by atoms with Gasteiger partial charge >= 0.3 is 248 Å². The van der Waals surface area contributed by atoms with E-state index >= 15 is 0 Å². The molecule has 1 aliphatic carbocycles. The van der Waals surface area contributed by atoms with Gasteiger partial charge in [-0.1, -0.05) is 0 Å². The van der Waals surface area contributed by atoms with Gasteiger partial charge in [0.2, 0.25) is 0 Å². The van der Waals surface area contributed by atoms with Gasteiger partial charge in [-0.05, 0) is 0 Å². The second-order valence-corrected chi connectivity index (χ2v) is 10.8. The van der Waals surface area contributed by atoms with E-state index in [0.717, 1.165) is 40.4 Å². The molecule has 2 aliphatic rings. The molecule has 2 heterocycles. The van der Waals surface area contributed by atoms with Gasteiger partial charge in [0.1, 0.15) is 0 Å². The first-order chi connectivity index (χ1) is 21.0. The number of fused-ring (bicyclic) bond motifs is 1. The summed E-state index contributed by atoms with van der Waals surface area (Å²) in [6.45, 7) is 0. The molecule has 0 fully saturated rings. The molecule has 0 atom stereocenters. The SMILES string of the molecule is B=c1c2ccc3c4c(ccc(c(=O)n1-c1cccc5ccccc15)c42)C(=O)N(N(C1=CCCC=C1)c1ccccc1)C3=O. The number of hydrogen-bond donors (Lipinski definition) is 0. The molecule has 0 bridgehead atoms. The second-order valence-electron chi connectivity index (χ2n) is 10.8. The number of benzene rings is 5. The van der Waals surface area contributed by atoms with Crippen molar-refractivity contribution in [3.8, 4) is 5.69 Å². The molecule has 5 aromatic carbocycles. The summed E-state index contributed by atoms with van der Waals surface area (Å²) >= 11 is 0. The zero-order chi connectivity index (χ0) is 29.2. The summed E-state index contributed by atoms with van der Waals surface area (Å²) < 4.78 is 1.64. The van der Waals surface area contributed by atoms with Crippen LogP contribution in [0.25, 0.3) is 38.0 Å². The third-order valence-electron chi connectivity index (χ3n) is 8.45. The van der Waals surface area contributed by atoms with Gasteiger partial charge in [0.15, 0.2) is 0 Å². The summed E-state index contributed by atoms with van der Waals surface area (Å²) in [4.78, 5) is 42.8. The molecule has 7 heteroatoms. The van der Waals surface area contributed by atoms with Crippen LogP contribution in [-0.4, -0.2) is 28.9 Å². The molecule has 0 spiro atoms. The third-order valence-corrected chi connectivity index (χ3v) is 8.45. The van der Waals surface area contributed by atoms with Crippen LogP contribution >= 0.6 is 0 Å². The molecule has 2 amide bonds. The van der Waals surface area contributed by atoms with E-state index in [0.29, 0.717) is 38.2 Å². The fourth-order valence-electron chi connectivity index (χ4n) is 6.50. The monoisotopic (exact) mass is 557 g/mol. The number of allylic oxidation sites excluding steroid dienone is 3. The molecule has 1 aliphatic heterocycles. The number of carbonyl (C=O) groups excluding carboxylic acids is 2. The Bertz CT molecular complexity index is 2250. The van der Waals surface area contributed by atoms with Crippen LogP contribution in [0, 0.1) is 5.24 Å². The van der Waals surface area contributed by atoms with Gasteiger partial charge in [0, 0.05) is 0 Å². The Morgan fingerprint density at radius 3 is 2.09 bits per heavy atom. The number of hydrogen-bond acceptors (Lipinski definition) is 4. The van der Waals surface area contributed by atoms with Crippen LogP contribution in [0.5, 0.6) is 0 Å². The summed E-state index contributed by atoms with van der Waals surface area (Å²) in [5.41, 5.74) is 2.68. The Morgan fingerprint density at radius 2 is 1.35 bits per heavy atom. The standard InChI is InChI=1S/C36H24BN3O3/c37-33-26-18-19-28-32-29(36(43)40(35(28)42)39(23-12-3-1-4-13-23)24-14-5-2-6-15-24)21-20-27(31(26)32)34(41)38(33)30-17-9-11-22-10-7-8-16-25(22)30/h1,3-5,7-21,37H,2,6H2. The van der Waals surface area contributed by atoms with Gasteiger partial charge in [0.05, 0.1) is 0 Å². The predicted octanol–water partition coefficient (Wildman–Crippen LogP) is 6.42. The average molecular weight is 557 g/mol. The number of nitrogens with zero attached hydrogens (tertiary/aromatic N) is 3. The van der Waals surface area contributed by atoms with Crippen LogP contribution in [0.1, 0.15) is 33.6 Å². The van der Waals surface area contributed by atoms with E-state index in [1.54, 1.807) is 27.8 Å². The molecule has 6 nitrogen and oxygen atoms in total. The van der Waals surface area contributed by atoms with Crippen molar-refractivity contribution in [2.75, 3.05) is 5.01 Å². The van der Waals surface area contributed by atoms with Crippen molar-refractivity contribution in [2.45, 2.75) is 12.8 Å². The Kier molecular flexibility index (Phi) is 5.56. The molecule has 204 valence electrons.